The Hall–Kier alpha value is -2.58. The summed E-state index contributed by atoms with van der Waals surface area (Å²) in [4.78, 5) is 14.1. The Bertz CT molecular complexity index is 940. The number of nitrogens with one attached hydrogen (secondary N) is 1. The Labute approximate surface area is 172 Å². The fourth-order valence-corrected chi connectivity index (χ4v) is 3.80. The van der Waals surface area contributed by atoms with Crippen LogP contribution in [0.5, 0.6) is 11.5 Å². The number of carbonyl (C=O) groups excluding carboxylic acids is 1. The van der Waals surface area contributed by atoms with E-state index < -0.39 is 10.0 Å². The average molecular weight is 421 g/mol. The second-order valence-electron chi connectivity index (χ2n) is 7.11. The van der Waals surface area contributed by atoms with E-state index in [1.807, 2.05) is 13.8 Å². The number of amides is 1. The zero-order valence-corrected chi connectivity index (χ0v) is 18.2. The van der Waals surface area contributed by atoms with Crippen molar-refractivity contribution in [2.45, 2.75) is 25.7 Å². The molecule has 2 aromatic carbocycles. The second-order valence-corrected chi connectivity index (χ2v) is 8.88. The lowest BCUT2D eigenvalue weighted by molar-refractivity contribution is -0.120. The third kappa shape index (κ3) is 6.20. The van der Waals surface area contributed by atoms with Crippen LogP contribution in [0.3, 0.4) is 0 Å². The number of aryl methyl sites for hydroxylation is 1. The van der Waals surface area contributed by atoms with Crippen LogP contribution in [0, 0.1) is 12.8 Å². The van der Waals surface area contributed by atoms with Gasteiger partial charge in [-0.25, -0.2) is 13.1 Å². The van der Waals surface area contributed by atoms with Gasteiger partial charge in [0.1, 0.15) is 11.5 Å². The number of likely N-dealkylation sites (N-methyl/N-ethyl adjacent to an activating group) is 1. The third-order valence-corrected chi connectivity index (χ3v) is 5.74. The minimum Gasteiger partial charge on any atom is -0.497 e. The molecule has 7 nitrogen and oxygen atoms in total. The van der Waals surface area contributed by atoms with Crippen molar-refractivity contribution in [1.29, 1.82) is 0 Å². The number of hydrogen-bond acceptors (Lipinski definition) is 5. The highest BCUT2D eigenvalue weighted by Gasteiger charge is 2.17. The molecule has 1 N–H and O–H groups in total. The second kappa shape index (κ2) is 9.76. The lowest BCUT2D eigenvalue weighted by atomic mass is 10.2. The standard InChI is InChI=1S/C21H28N2O5S/c1-15(2)13-22-29(25,26)19-10-11-20(16(3)12-19)28-14-21(24)23(4)17-6-8-18(27-5)9-7-17/h6-12,15,22H,13-14H2,1-5H3. The summed E-state index contributed by atoms with van der Waals surface area (Å²) in [6.45, 7) is 5.82. The maximum absolute atomic E-state index is 12.4. The maximum Gasteiger partial charge on any atom is 0.264 e. The SMILES string of the molecule is COc1ccc(N(C)C(=O)COc2ccc(S(=O)(=O)NCC(C)C)cc2C)cc1. The van der Waals surface area contributed by atoms with Crippen LogP contribution in [0.4, 0.5) is 5.69 Å². The first-order valence-electron chi connectivity index (χ1n) is 9.27. The summed E-state index contributed by atoms with van der Waals surface area (Å²) in [7, 11) is -0.329. The van der Waals surface area contributed by atoms with E-state index in [9.17, 15) is 13.2 Å². The molecular formula is C21H28N2O5S. The highest BCUT2D eigenvalue weighted by atomic mass is 32.2. The predicted molar refractivity (Wildman–Crippen MR) is 113 cm³/mol. The Balaban J connectivity index is 2.02. The lowest BCUT2D eigenvalue weighted by Gasteiger charge is -2.18. The van der Waals surface area contributed by atoms with Crippen molar-refractivity contribution in [3.63, 3.8) is 0 Å². The molecule has 2 rings (SSSR count). The van der Waals surface area contributed by atoms with Gasteiger partial charge in [-0.05, 0) is 60.9 Å². The van der Waals surface area contributed by atoms with Crippen molar-refractivity contribution >= 4 is 21.6 Å². The van der Waals surface area contributed by atoms with E-state index in [1.165, 1.54) is 17.0 Å². The summed E-state index contributed by atoms with van der Waals surface area (Å²) >= 11 is 0. The minimum atomic E-state index is -3.57. The van der Waals surface area contributed by atoms with Crippen LogP contribution < -0.4 is 19.1 Å². The molecule has 0 aromatic heterocycles. The van der Waals surface area contributed by atoms with Crippen LogP contribution in [0.25, 0.3) is 0 Å². The average Bonchev–Trinajstić information content (AvgIpc) is 2.70. The molecule has 0 aliphatic carbocycles. The Morgan fingerprint density at radius 1 is 1.14 bits per heavy atom. The lowest BCUT2D eigenvalue weighted by Crippen LogP contribution is -2.31. The van der Waals surface area contributed by atoms with Gasteiger partial charge in [0.25, 0.3) is 5.91 Å². The van der Waals surface area contributed by atoms with Gasteiger partial charge in [0, 0.05) is 19.3 Å². The van der Waals surface area contributed by atoms with Gasteiger partial charge >= 0.3 is 0 Å². The molecule has 0 aliphatic heterocycles. The van der Waals surface area contributed by atoms with Crippen molar-refractivity contribution in [3.8, 4) is 11.5 Å². The van der Waals surface area contributed by atoms with Crippen molar-refractivity contribution in [3.05, 3.63) is 48.0 Å². The molecular weight excluding hydrogens is 392 g/mol. The molecule has 8 heteroatoms. The molecule has 0 saturated carbocycles. The van der Waals surface area contributed by atoms with Gasteiger partial charge < -0.3 is 14.4 Å². The number of anilines is 1. The van der Waals surface area contributed by atoms with Crippen molar-refractivity contribution in [2.24, 2.45) is 5.92 Å². The van der Waals surface area contributed by atoms with Gasteiger partial charge in [0.15, 0.2) is 6.61 Å². The fraction of sp³-hybridized carbons (Fsp3) is 0.381. The zero-order valence-electron chi connectivity index (χ0n) is 17.4. The van der Waals surface area contributed by atoms with Crippen LogP contribution in [0.1, 0.15) is 19.4 Å². The molecule has 0 fully saturated rings. The number of hydrogen-bond donors (Lipinski definition) is 1. The monoisotopic (exact) mass is 420 g/mol. The Morgan fingerprint density at radius 2 is 1.79 bits per heavy atom. The van der Waals surface area contributed by atoms with Gasteiger partial charge in [-0.2, -0.15) is 0 Å². The number of sulfonamides is 1. The predicted octanol–water partition coefficient (Wildman–Crippen LogP) is 2.98. The summed E-state index contributed by atoms with van der Waals surface area (Å²) < 4.78 is 38.0. The molecule has 2 aromatic rings. The smallest absolute Gasteiger partial charge is 0.264 e. The van der Waals surface area contributed by atoms with Gasteiger partial charge in [-0.3, -0.25) is 4.79 Å². The van der Waals surface area contributed by atoms with Gasteiger partial charge in [0.2, 0.25) is 10.0 Å². The van der Waals surface area contributed by atoms with E-state index in [0.717, 1.165) is 0 Å². The largest absolute Gasteiger partial charge is 0.497 e. The molecule has 1 amide bonds. The first-order chi connectivity index (χ1) is 13.6. The first kappa shape index (κ1) is 22.7. The summed E-state index contributed by atoms with van der Waals surface area (Å²) in [6, 6.07) is 11.7. The number of ether oxygens (including phenoxy) is 2. The summed E-state index contributed by atoms with van der Waals surface area (Å²) in [5.74, 6) is 1.15. The normalized spacial score (nSPS) is 11.4. The Kier molecular flexibility index (Phi) is 7.64. The summed E-state index contributed by atoms with van der Waals surface area (Å²) in [6.07, 6.45) is 0. The van der Waals surface area contributed by atoms with Crippen LogP contribution in [0.2, 0.25) is 0 Å². The summed E-state index contributed by atoms with van der Waals surface area (Å²) in [5, 5.41) is 0. The third-order valence-electron chi connectivity index (χ3n) is 4.32. The number of methoxy groups -OCH3 is 1. The van der Waals surface area contributed by atoms with E-state index in [1.54, 1.807) is 51.4 Å². The molecule has 158 valence electrons. The number of nitrogens with zero attached hydrogens (tertiary/aromatic N) is 1. The number of benzene rings is 2. The summed E-state index contributed by atoms with van der Waals surface area (Å²) in [5.41, 5.74) is 1.35. The van der Waals surface area contributed by atoms with E-state index in [4.69, 9.17) is 9.47 Å². The fourth-order valence-electron chi connectivity index (χ4n) is 2.50. The topological polar surface area (TPSA) is 84.9 Å². The van der Waals surface area contributed by atoms with Crippen molar-refractivity contribution in [1.82, 2.24) is 4.72 Å². The van der Waals surface area contributed by atoms with Crippen LogP contribution in [-0.4, -0.2) is 41.6 Å². The van der Waals surface area contributed by atoms with E-state index in [2.05, 4.69) is 4.72 Å². The molecule has 0 heterocycles. The molecule has 0 spiro atoms. The van der Waals surface area contributed by atoms with Gasteiger partial charge in [-0.1, -0.05) is 13.8 Å². The molecule has 0 radical (unpaired) electrons. The zero-order chi connectivity index (χ0) is 21.6. The van der Waals surface area contributed by atoms with Crippen LogP contribution in [-0.2, 0) is 14.8 Å². The first-order valence-corrected chi connectivity index (χ1v) is 10.8. The van der Waals surface area contributed by atoms with E-state index in [-0.39, 0.29) is 23.3 Å². The molecule has 0 unspecified atom stereocenters. The van der Waals surface area contributed by atoms with Gasteiger partial charge in [-0.15, -0.1) is 0 Å². The van der Waals surface area contributed by atoms with E-state index in [0.29, 0.717) is 29.3 Å². The van der Waals surface area contributed by atoms with Crippen LogP contribution >= 0.6 is 0 Å². The van der Waals surface area contributed by atoms with Crippen molar-refractivity contribution in [2.75, 3.05) is 32.2 Å². The molecule has 0 bridgehead atoms. The molecule has 0 atom stereocenters. The molecule has 0 aliphatic rings. The number of carbonyl (C=O) groups is 1. The molecule has 0 saturated heterocycles. The Morgan fingerprint density at radius 3 is 2.34 bits per heavy atom. The quantitative estimate of drug-likeness (QED) is 0.674. The maximum atomic E-state index is 12.4. The highest BCUT2D eigenvalue weighted by Crippen LogP contribution is 2.23. The number of rotatable bonds is 9. The van der Waals surface area contributed by atoms with Crippen molar-refractivity contribution < 1.29 is 22.7 Å². The van der Waals surface area contributed by atoms with Crippen LogP contribution in [0.15, 0.2) is 47.4 Å². The highest BCUT2D eigenvalue weighted by molar-refractivity contribution is 7.89. The van der Waals surface area contributed by atoms with Gasteiger partial charge in [0.05, 0.1) is 12.0 Å². The van der Waals surface area contributed by atoms with E-state index >= 15 is 0 Å². The minimum absolute atomic E-state index is 0.166. The molecule has 29 heavy (non-hydrogen) atoms.